The molecule has 0 bridgehead atoms. The zero-order valence-corrected chi connectivity index (χ0v) is 10.8. The van der Waals surface area contributed by atoms with E-state index in [1.807, 2.05) is 13.8 Å². The molecule has 3 heteroatoms. The van der Waals surface area contributed by atoms with Crippen molar-refractivity contribution in [3.8, 4) is 0 Å². The van der Waals surface area contributed by atoms with Crippen molar-refractivity contribution < 1.29 is 4.79 Å². The Bertz CT molecular complexity index is 257. The van der Waals surface area contributed by atoms with E-state index < -0.39 is 0 Å². The van der Waals surface area contributed by atoms with Gasteiger partial charge in [-0.3, -0.25) is 9.69 Å². The zero-order chi connectivity index (χ0) is 12.0. The molecule has 0 aromatic heterocycles. The van der Waals surface area contributed by atoms with Crippen LogP contribution in [0.1, 0.15) is 40.0 Å². The van der Waals surface area contributed by atoms with Crippen molar-refractivity contribution in [2.45, 2.75) is 46.1 Å². The van der Waals surface area contributed by atoms with Crippen LogP contribution < -0.4 is 5.32 Å². The highest BCUT2D eigenvalue weighted by Gasteiger charge is 2.17. The summed E-state index contributed by atoms with van der Waals surface area (Å²) in [6.07, 6.45) is 5.59. The van der Waals surface area contributed by atoms with E-state index in [2.05, 4.69) is 17.1 Å². The molecule has 0 aromatic carbocycles. The standard InChI is InChI=1S/C13H24N2O/c1-11(2)10-13(16)14-7-9-15-8-5-4-6-12(15)3/h10,12H,4-9H2,1-3H3,(H,14,16). The van der Waals surface area contributed by atoms with Crippen LogP contribution in [0, 0.1) is 0 Å². The van der Waals surface area contributed by atoms with Gasteiger partial charge in [-0.15, -0.1) is 0 Å². The van der Waals surface area contributed by atoms with Crippen molar-refractivity contribution in [2.75, 3.05) is 19.6 Å². The summed E-state index contributed by atoms with van der Waals surface area (Å²) < 4.78 is 0. The molecule has 92 valence electrons. The molecule has 16 heavy (non-hydrogen) atoms. The molecule has 1 atom stereocenters. The first-order chi connectivity index (χ1) is 7.59. The minimum absolute atomic E-state index is 0.0321. The number of nitrogens with one attached hydrogen (secondary N) is 1. The van der Waals surface area contributed by atoms with Crippen molar-refractivity contribution in [3.05, 3.63) is 11.6 Å². The Kier molecular flexibility index (Phi) is 5.53. The molecular formula is C13H24N2O. The topological polar surface area (TPSA) is 32.3 Å². The Labute approximate surface area is 98.9 Å². The van der Waals surface area contributed by atoms with Crippen molar-refractivity contribution >= 4 is 5.91 Å². The molecule has 1 amide bonds. The number of allylic oxidation sites excluding steroid dienone is 1. The molecule has 0 aliphatic carbocycles. The molecule has 1 saturated heterocycles. The Morgan fingerprint density at radius 3 is 2.81 bits per heavy atom. The zero-order valence-electron chi connectivity index (χ0n) is 10.8. The highest BCUT2D eigenvalue weighted by atomic mass is 16.1. The number of amides is 1. The molecule has 1 rings (SSSR count). The normalized spacial score (nSPS) is 21.6. The molecule has 0 saturated carbocycles. The second-order valence-corrected chi connectivity index (χ2v) is 4.89. The Balaban J connectivity index is 2.19. The fraction of sp³-hybridized carbons (Fsp3) is 0.769. The third-order valence-electron chi connectivity index (χ3n) is 3.06. The van der Waals surface area contributed by atoms with E-state index in [9.17, 15) is 4.79 Å². The van der Waals surface area contributed by atoms with Crippen LogP contribution >= 0.6 is 0 Å². The lowest BCUT2D eigenvalue weighted by Gasteiger charge is -2.33. The number of hydrogen-bond donors (Lipinski definition) is 1. The fourth-order valence-corrected chi connectivity index (χ4v) is 2.13. The van der Waals surface area contributed by atoms with Crippen LogP contribution in [0.5, 0.6) is 0 Å². The summed E-state index contributed by atoms with van der Waals surface area (Å²) in [5.41, 5.74) is 1.05. The van der Waals surface area contributed by atoms with Crippen molar-refractivity contribution in [1.29, 1.82) is 0 Å². The van der Waals surface area contributed by atoms with Crippen LogP contribution in [0.4, 0.5) is 0 Å². The second kappa shape index (κ2) is 6.69. The van der Waals surface area contributed by atoms with Gasteiger partial charge in [0, 0.05) is 25.2 Å². The SMILES string of the molecule is CC(C)=CC(=O)NCCN1CCCCC1C. The number of carbonyl (C=O) groups is 1. The van der Waals surface area contributed by atoms with E-state index in [0.717, 1.165) is 18.7 Å². The van der Waals surface area contributed by atoms with Gasteiger partial charge < -0.3 is 5.32 Å². The van der Waals surface area contributed by atoms with Gasteiger partial charge in [-0.25, -0.2) is 0 Å². The van der Waals surface area contributed by atoms with Crippen LogP contribution in [0.3, 0.4) is 0 Å². The Morgan fingerprint density at radius 2 is 2.19 bits per heavy atom. The fourth-order valence-electron chi connectivity index (χ4n) is 2.13. The predicted octanol–water partition coefficient (Wildman–Crippen LogP) is 1.94. The molecule has 1 N–H and O–H groups in total. The lowest BCUT2D eigenvalue weighted by atomic mass is 10.0. The number of rotatable bonds is 4. The lowest BCUT2D eigenvalue weighted by Crippen LogP contribution is -2.42. The molecular weight excluding hydrogens is 200 g/mol. The number of hydrogen-bond acceptors (Lipinski definition) is 2. The van der Waals surface area contributed by atoms with Gasteiger partial charge in [0.05, 0.1) is 0 Å². The van der Waals surface area contributed by atoms with E-state index in [4.69, 9.17) is 0 Å². The lowest BCUT2D eigenvalue weighted by molar-refractivity contribution is -0.116. The maximum absolute atomic E-state index is 11.4. The maximum Gasteiger partial charge on any atom is 0.243 e. The second-order valence-electron chi connectivity index (χ2n) is 4.89. The minimum Gasteiger partial charge on any atom is -0.351 e. The summed E-state index contributed by atoms with van der Waals surface area (Å²) in [5.74, 6) is 0.0321. The first-order valence-corrected chi connectivity index (χ1v) is 6.26. The van der Waals surface area contributed by atoms with E-state index in [1.165, 1.54) is 25.8 Å². The summed E-state index contributed by atoms with van der Waals surface area (Å²) in [5, 5.41) is 2.92. The van der Waals surface area contributed by atoms with Gasteiger partial charge >= 0.3 is 0 Å². The molecule has 0 radical (unpaired) electrons. The summed E-state index contributed by atoms with van der Waals surface area (Å²) >= 11 is 0. The first-order valence-electron chi connectivity index (χ1n) is 6.26. The van der Waals surface area contributed by atoms with Gasteiger partial charge in [0.15, 0.2) is 0 Å². The Hall–Kier alpha value is -0.830. The number of carbonyl (C=O) groups excluding carboxylic acids is 1. The molecule has 1 aliphatic heterocycles. The summed E-state index contributed by atoms with van der Waals surface area (Å²) in [6, 6.07) is 0.675. The van der Waals surface area contributed by atoms with Crippen LogP contribution in [0.25, 0.3) is 0 Å². The van der Waals surface area contributed by atoms with Gasteiger partial charge in [-0.1, -0.05) is 12.0 Å². The largest absolute Gasteiger partial charge is 0.351 e. The van der Waals surface area contributed by atoms with Crippen LogP contribution in [-0.2, 0) is 4.79 Å². The molecule has 1 unspecified atom stereocenters. The van der Waals surface area contributed by atoms with Crippen LogP contribution in [0.15, 0.2) is 11.6 Å². The van der Waals surface area contributed by atoms with E-state index >= 15 is 0 Å². The minimum atomic E-state index is 0.0321. The van der Waals surface area contributed by atoms with Crippen molar-refractivity contribution in [2.24, 2.45) is 0 Å². The monoisotopic (exact) mass is 224 g/mol. The molecule has 1 heterocycles. The van der Waals surface area contributed by atoms with Gasteiger partial charge in [-0.05, 0) is 40.2 Å². The van der Waals surface area contributed by atoms with Gasteiger partial charge in [0.2, 0.25) is 5.91 Å². The van der Waals surface area contributed by atoms with Crippen LogP contribution in [-0.4, -0.2) is 36.5 Å². The highest BCUT2D eigenvalue weighted by Crippen LogP contribution is 2.15. The van der Waals surface area contributed by atoms with E-state index in [-0.39, 0.29) is 5.91 Å². The van der Waals surface area contributed by atoms with Gasteiger partial charge in [0.1, 0.15) is 0 Å². The maximum atomic E-state index is 11.4. The van der Waals surface area contributed by atoms with E-state index in [0.29, 0.717) is 6.04 Å². The average Bonchev–Trinajstić information content (AvgIpc) is 2.19. The molecule has 1 aliphatic rings. The van der Waals surface area contributed by atoms with Crippen LogP contribution in [0.2, 0.25) is 0 Å². The molecule has 3 nitrogen and oxygen atoms in total. The molecule has 0 spiro atoms. The smallest absolute Gasteiger partial charge is 0.243 e. The molecule has 1 fully saturated rings. The Morgan fingerprint density at radius 1 is 1.44 bits per heavy atom. The predicted molar refractivity (Wildman–Crippen MR) is 67.3 cm³/mol. The summed E-state index contributed by atoms with van der Waals surface area (Å²) in [4.78, 5) is 13.8. The number of nitrogens with zero attached hydrogens (tertiary/aromatic N) is 1. The van der Waals surface area contributed by atoms with Crippen molar-refractivity contribution in [3.63, 3.8) is 0 Å². The summed E-state index contributed by atoms with van der Waals surface area (Å²) in [6.45, 7) is 9.06. The highest BCUT2D eigenvalue weighted by molar-refractivity contribution is 5.87. The quantitative estimate of drug-likeness (QED) is 0.740. The number of likely N-dealkylation sites (tertiary alicyclic amines) is 1. The summed E-state index contributed by atoms with van der Waals surface area (Å²) in [7, 11) is 0. The van der Waals surface area contributed by atoms with Crippen molar-refractivity contribution in [1.82, 2.24) is 10.2 Å². The van der Waals surface area contributed by atoms with Gasteiger partial charge in [0.25, 0.3) is 0 Å². The third-order valence-corrected chi connectivity index (χ3v) is 3.06. The third kappa shape index (κ3) is 4.79. The number of piperidine rings is 1. The molecule has 0 aromatic rings. The average molecular weight is 224 g/mol. The van der Waals surface area contributed by atoms with E-state index in [1.54, 1.807) is 6.08 Å². The first kappa shape index (κ1) is 13.2. The van der Waals surface area contributed by atoms with Gasteiger partial charge in [-0.2, -0.15) is 0 Å².